The topological polar surface area (TPSA) is 60.9 Å². The molecule has 0 saturated carbocycles. The number of aromatic nitrogens is 2. The normalized spacial score (nSPS) is 11.6. The van der Waals surface area contributed by atoms with Crippen molar-refractivity contribution < 1.29 is 18.0 Å². The molecule has 0 spiro atoms. The van der Waals surface area contributed by atoms with Crippen LogP contribution in [-0.4, -0.2) is 15.7 Å². The van der Waals surface area contributed by atoms with Gasteiger partial charge in [0.25, 0.3) is 0 Å². The Labute approximate surface area is 176 Å². The van der Waals surface area contributed by atoms with Gasteiger partial charge in [-0.3, -0.25) is 4.79 Å². The fraction of sp³-hybridized carbons (Fsp3) is 0.0833. The molecule has 31 heavy (non-hydrogen) atoms. The summed E-state index contributed by atoms with van der Waals surface area (Å²) >= 11 is 0. The van der Waals surface area contributed by atoms with Crippen LogP contribution in [0, 0.1) is 6.92 Å². The summed E-state index contributed by atoms with van der Waals surface area (Å²) < 4.78 is 40.5. The van der Waals surface area contributed by atoms with E-state index >= 15 is 0 Å². The Kier molecular flexibility index (Phi) is 4.89. The Balaban J connectivity index is 1.89. The van der Waals surface area contributed by atoms with E-state index in [1.54, 1.807) is 16.8 Å². The zero-order chi connectivity index (χ0) is 22.3. The summed E-state index contributed by atoms with van der Waals surface area (Å²) in [6.07, 6.45) is -4.40. The van der Waals surface area contributed by atoms with Gasteiger partial charge in [0.2, 0.25) is 5.91 Å². The van der Waals surface area contributed by atoms with E-state index in [1.165, 1.54) is 12.1 Å². The summed E-state index contributed by atoms with van der Waals surface area (Å²) in [5, 5.41) is 5.49. The van der Waals surface area contributed by atoms with Gasteiger partial charge in [0.1, 0.15) is 5.69 Å². The van der Waals surface area contributed by atoms with E-state index in [-0.39, 0.29) is 5.57 Å². The van der Waals surface area contributed by atoms with Gasteiger partial charge in [0, 0.05) is 16.5 Å². The van der Waals surface area contributed by atoms with Crippen molar-refractivity contribution in [3.63, 3.8) is 0 Å². The Morgan fingerprint density at radius 1 is 1.03 bits per heavy atom. The Morgan fingerprint density at radius 3 is 2.35 bits per heavy atom. The lowest BCUT2D eigenvalue weighted by Crippen LogP contribution is -2.12. The van der Waals surface area contributed by atoms with Crippen LogP contribution < -0.4 is 5.73 Å². The standard InChI is InChI=1S/C24H18F3N3O/c1-14-11-17(15(2)23(28)31)13-19(12-14)30-21-6-4-3-5-20(21)22(29-30)16-7-9-18(10-8-16)24(25,26)27/h3-13H,2H2,1H3,(H2,28,31). The van der Waals surface area contributed by atoms with Gasteiger partial charge in [-0.15, -0.1) is 0 Å². The second kappa shape index (κ2) is 7.43. The highest BCUT2D eigenvalue weighted by atomic mass is 19.4. The molecule has 0 aliphatic carbocycles. The van der Waals surface area contributed by atoms with Crippen molar-refractivity contribution in [3.05, 3.63) is 90.0 Å². The predicted octanol–water partition coefficient (Wildman–Crippen LogP) is 5.52. The number of para-hydroxylation sites is 1. The van der Waals surface area contributed by atoms with Crippen LogP contribution in [0.5, 0.6) is 0 Å². The van der Waals surface area contributed by atoms with E-state index in [9.17, 15) is 18.0 Å². The van der Waals surface area contributed by atoms with Gasteiger partial charge in [-0.2, -0.15) is 18.3 Å². The lowest BCUT2D eigenvalue weighted by atomic mass is 10.0. The lowest BCUT2D eigenvalue weighted by Gasteiger charge is -2.09. The summed E-state index contributed by atoms with van der Waals surface area (Å²) in [7, 11) is 0. The highest BCUT2D eigenvalue weighted by molar-refractivity contribution is 6.18. The molecule has 0 aliphatic heterocycles. The third-order valence-corrected chi connectivity index (χ3v) is 5.03. The molecular weight excluding hydrogens is 403 g/mol. The minimum atomic E-state index is -4.40. The van der Waals surface area contributed by atoms with E-state index in [1.807, 2.05) is 37.3 Å². The highest BCUT2D eigenvalue weighted by Gasteiger charge is 2.30. The van der Waals surface area contributed by atoms with Crippen molar-refractivity contribution in [2.45, 2.75) is 13.1 Å². The lowest BCUT2D eigenvalue weighted by molar-refractivity contribution is -0.137. The van der Waals surface area contributed by atoms with Gasteiger partial charge in [0.05, 0.1) is 16.8 Å². The van der Waals surface area contributed by atoms with Gasteiger partial charge in [-0.05, 0) is 48.4 Å². The number of hydrogen-bond donors (Lipinski definition) is 1. The van der Waals surface area contributed by atoms with Gasteiger partial charge in [-0.25, -0.2) is 4.68 Å². The zero-order valence-electron chi connectivity index (χ0n) is 16.6. The number of carbonyl (C=O) groups is 1. The molecule has 0 unspecified atom stereocenters. The number of aryl methyl sites for hydroxylation is 1. The molecule has 4 aromatic rings. The van der Waals surface area contributed by atoms with Crippen LogP contribution >= 0.6 is 0 Å². The molecule has 3 aromatic carbocycles. The average Bonchev–Trinajstić information content (AvgIpc) is 3.12. The summed E-state index contributed by atoms with van der Waals surface area (Å²) in [6.45, 7) is 5.63. The highest BCUT2D eigenvalue weighted by Crippen LogP contribution is 2.34. The minimum absolute atomic E-state index is 0.185. The van der Waals surface area contributed by atoms with Gasteiger partial charge < -0.3 is 5.73 Å². The molecule has 0 atom stereocenters. The van der Waals surface area contributed by atoms with Crippen molar-refractivity contribution in [2.24, 2.45) is 5.73 Å². The fourth-order valence-electron chi connectivity index (χ4n) is 3.50. The molecule has 7 heteroatoms. The smallest absolute Gasteiger partial charge is 0.366 e. The van der Waals surface area contributed by atoms with Crippen LogP contribution in [0.25, 0.3) is 33.4 Å². The molecule has 0 aliphatic rings. The maximum absolute atomic E-state index is 12.9. The van der Waals surface area contributed by atoms with Crippen LogP contribution in [0.1, 0.15) is 16.7 Å². The van der Waals surface area contributed by atoms with E-state index in [4.69, 9.17) is 10.8 Å². The molecule has 0 bridgehead atoms. The van der Waals surface area contributed by atoms with E-state index in [0.717, 1.165) is 28.6 Å². The average molecular weight is 421 g/mol. The monoisotopic (exact) mass is 421 g/mol. The number of carbonyl (C=O) groups excluding carboxylic acids is 1. The summed E-state index contributed by atoms with van der Waals surface area (Å²) in [5.74, 6) is -0.618. The zero-order valence-corrected chi connectivity index (χ0v) is 16.6. The van der Waals surface area contributed by atoms with Gasteiger partial charge >= 0.3 is 6.18 Å². The number of hydrogen-bond acceptors (Lipinski definition) is 2. The predicted molar refractivity (Wildman–Crippen MR) is 114 cm³/mol. The molecule has 0 radical (unpaired) electrons. The minimum Gasteiger partial charge on any atom is -0.366 e. The van der Waals surface area contributed by atoms with E-state index in [2.05, 4.69) is 6.58 Å². The van der Waals surface area contributed by atoms with Crippen molar-refractivity contribution in [1.29, 1.82) is 0 Å². The molecule has 0 saturated heterocycles. The number of primary amides is 1. The molecule has 4 rings (SSSR count). The Hall–Kier alpha value is -3.87. The Bertz CT molecular complexity index is 1320. The number of rotatable bonds is 4. The van der Waals surface area contributed by atoms with Crippen LogP contribution in [-0.2, 0) is 11.0 Å². The SMILES string of the molecule is C=C(C(N)=O)c1cc(C)cc(-n2nc(-c3ccc(C(F)(F)F)cc3)c3ccccc32)c1. The molecule has 1 aromatic heterocycles. The molecular formula is C24H18F3N3O. The summed E-state index contributed by atoms with van der Waals surface area (Å²) in [5.41, 5.74) is 8.90. The number of alkyl halides is 3. The first-order chi connectivity index (χ1) is 14.6. The number of halogens is 3. The first kappa shape index (κ1) is 20.4. The molecule has 4 nitrogen and oxygen atoms in total. The molecule has 0 fully saturated rings. The quantitative estimate of drug-likeness (QED) is 0.441. The summed E-state index contributed by atoms with van der Waals surface area (Å²) in [6, 6.07) is 17.8. The number of nitrogens with two attached hydrogens (primary N) is 1. The molecule has 1 heterocycles. The van der Waals surface area contributed by atoms with Crippen LogP contribution in [0.2, 0.25) is 0 Å². The van der Waals surface area contributed by atoms with Crippen molar-refractivity contribution in [2.75, 3.05) is 0 Å². The van der Waals surface area contributed by atoms with Crippen LogP contribution in [0.3, 0.4) is 0 Å². The third-order valence-electron chi connectivity index (χ3n) is 5.03. The number of benzene rings is 3. The number of nitrogens with zero attached hydrogens (tertiary/aromatic N) is 2. The van der Waals surface area contributed by atoms with Crippen molar-refractivity contribution in [3.8, 4) is 16.9 Å². The molecule has 156 valence electrons. The Morgan fingerprint density at radius 2 is 1.71 bits per heavy atom. The van der Waals surface area contributed by atoms with Crippen molar-refractivity contribution in [1.82, 2.24) is 9.78 Å². The number of amides is 1. The second-order valence-corrected chi connectivity index (χ2v) is 7.25. The van der Waals surface area contributed by atoms with Crippen LogP contribution in [0.15, 0.2) is 73.3 Å². The first-order valence-electron chi connectivity index (χ1n) is 9.41. The van der Waals surface area contributed by atoms with Crippen LogP contribution in [0.4, 0.5) is 13.2 Å². The fourth-order valence-corrected chi connectivity index (χ4v) is 3.50. The van der Waals surface area contributed by atoms with Gasteiger partial charge in [-0.1, -0.05) is 43.0 Å². The largest absolute Gasteiger partial charge is 0.416 e. The maximum Gasteiger partial charge on any atom is 0.416 e. The first-order valence-corrected chi connectivity index (χ1v) is 9.41. The van der Waals surface area contributed by atoms with Gasteiger partial charge in [0.15, 0.2) is 0 Å². The van der Waals surface area contributed by atoms with Crippen molar-refractivity contribution >= 4 is 22.4 Å². The second-order valence-electron chi connectivity index (χ2n) is 7.25. The third kappa shape index (κ3) is 3.82. The molecule has 1 amide bonds. The maximum atomic E-state index is 12.9. The van der Waals surface area contributed by atoms with E-state index < -0.39 is 17.6 Å². The number of fused-ring (bicyclic) bond motifs is 1. The molecule has 2 N–H and O–H groups in total. The van der Waals surface area contributed by atoms with E-state index in [0.29, 0.717) is 22.5 Å². The summed E-state index contributed by atoms with van der Waals surface area (Å²) in [4.78, 5) is 11.6.